The second-order valence-electron chi connectivity index (χ2n) is 31.0. The van der Waals surface area contributed by atoms with E-state index >= 15 is 0 Å². The molecule has 4 N–H and O–H groups in total. The molecule has 32 heteroatoms. The summed E-state index contributed by atoms with van der Waals surface area (Å²) in [5.41, 5.74) is -0.886. The summed E-state index contributed by atoms with van der Waals surface area (Å²) in [6.07, 6.45) is 0.891. The zero-order valence-corrected chi connectivity index (χ0v) is 68.2. The molecule has 2 aliphatic rings. The number of esters is 4. The summed E-state index contributed by atoms with van der Waals surface area (Å²) in [7, 11) is 0. The third kappa shape index (κ3) is 49.6. The van der Waals surface area contributed by atoms with Gasteiger partial charge in [0.15, 0.2) is 0 Å². The number of carbonyl (C=O) groups excluding carboxylic acids is 4. The summed E-state index contributed by atoms with van der Waals surface area (Å²) in [6, 6.07) is 14.4. The van der Waals surface area contributed by atoms with E-state index in [0.29, 0.717) is 163 Å². The molecule has 0 spiro atoms. The summed E-state index contributed by atoms with van der Waals surface area (Å²) in [5, 5.41) is 38.2. The Hall–Kier alpha value is -6.76. The number of aliphatic carboxylic acids is 4. The van der Waals surface area contributed by atoms with Crippen molar-refractivity contribution in [3.8, 4) is 11.5 Å². The van der Waals surface area contributed by atoms with Gasteiger partial charge < -0.3 is 77.3 Å². The van der Waals surface area contributed by atoms with Crippen molar-refractivity contribution >= 4 is 47.8 Å². The lowest BCUT2D eigenvalue weighted by Crippen LogP contribution is -2.54. The first-order valence-corrected chi connectivity index (χ1v) is 38.3. The molecule has 0 aromatic heterocycles. The molecule has 0 saturated carbocycles. The van der Waals surface area contributed by atoms with Crippen molar-refractivity contribution in [2.45, 2.75) is 144 Å². The van der Waals surface area contributed by atoms with Gasteiger partial charge in [-0.05, 0) is 145 Å². The Labute approximate surface area is 651 Å². The first-order valence-electron chi connectivity index (χ1n) is 38.3. The second-order valence-corrected chi connectivity index (χ2v) is 31.0. The van der Waals surface area contributed by atoms with Gasteiger partial charge in [-0.15, -0.1) is 0 Å². The molecule has 110 heavy (non-hydrogen) atoms. The minimum atomic E-state index is -1.06. The highest BCUT2D eigenvalue weighted by molar-refractivity contribution is 5.74. The fourth-order valence-corrected chi connectivity index (χ4v) is 11.8. The molecule has 2 aliphatic heterocycles. The van der Waals surface area contributed by atoms with Gasteiger partial charge in [0.05, 0.1) is 118 Å². The van der Waals surface area contributed by atoms with Crippen molar-refractivity contribution in [1.29, 1.82) is 0 Å². The van der Waals surface area contributed by atoms with E-state index in [9.17, 15) is 58.8 Å². The third-order valence-electron chi connectivity index (χ3n) is 16.5. The van der Waals surface area contributed by atoms with Crippen LogP contribution in [0.5, 0.6) is 11.5 Å². The van der Waals surface area contributed by atoms with Crippen LogP contribution in [0.25, 0.3) is 0 Å². The second kappa shape index (κ2) is 52.5. The molecule has 2 aromatic rings. The molecule has 0 amide bonds. The normalized spacial score (nSPS) is 17.5. The van der Waals surface area contributed by atoms with Gasteiger partial charge in [-0.2, -0.15) is 0 Å². The molecular formula is C78H132N8O24. The molecule has 4 rings (SSSR count). The van der Waals surface area contributed by atoms with E-state index in [4.69, 9.17) is 56.8 Å². The topological polar surface area (TPSA) is 354 Å². The summed E-state index contributed by atoms with van der Waals surface area (Å²) in [5.74, 6) is -4.41. The average Bonchev–Trinajstić information content (AvgIpc) is 0.849. The molecular weight excluding hydrogens is 1430 g/mol. The Morgan fingerprint density at radius 2 is 0.545 bits per heavy atom. The summed E-state index contributed by atoms with van der Waals surface area (Å²) in [6.45, 7) is 35.9. The molecule has 2 fully saturated rings. The van der Waals surface area contributed by atoms with E-state index < -0.39 is 52.3 Å². The van der Waals surface area contributed by atoms with E-state index in [0.717, 1.165) is 11.1 Å². The van der Waals surface area contributed by atoms with E-state index in [1.807, 2.05) is 148 Å². The summed E-state index contributed by atoms with van der Waals surface area (Å²) < 4.78 is 67.4. The van der Waals surface area contributed by atoms with Crippen molar-refractivity contribution in [2.75, 3.05) is 236 Å². The Morgan fingerprint density at radius 3 is 0.845 bits per heavy atom. The zero-order valence-electron chi connectivity index (χ0n) is 68.2. The van der Waals surface area contributed by atoms with Gasteiger partial charge in [-0.25, -0.2) is 0 Å². The van der Waals surface area contributed by atoms with Gasteiger partial charge >= 0.3 is 47.8 Å². The van der Waals surface area contributed by atoms with Crippen molar-refractivity contribution in [3.63, 3.8) is 0 Å². The van der Waals surface area contributed by atoms with Crippen molar-refractivity contribution in [2.24, 2.45) is 0 Å². The monoisotopic (exact) mass is 1560 g/mol. The van der Waals surface area contributed by atoms with Crippen LogP contribution >= 0.6 is 0 Å². The van der Waals surface area contributed by atoms with E-state index in [2.05, 4.69) is 4.90 Å². The first kappa shape index (κ1) is 97.4. The predicted octanol–water partition coefficient (Wildman–Crippen LogP) is 4.24. The lowest BCUT2D eigenvalue weighted by atomic mass is 10.0. The van der Waals surface area contributed by atoms with E-state index in [1.54, 1.807) is 31.7 Å². The van der Waals surface area contributed by atoms with Crippen LogP contribution in [-0.4, -0.2) is 378 Å². The molecule has 2 heterocycles. The molecule has 0 bridgehead atoms. The van der Waals surface area contributed by atoms with Crippen molar-refractivity contribution < 1.29 is 116 Å². The maximum atomic E-state index is 13.6. The van der Waals surface area contributed by atoms with Gasteiger partial charge in [-0.3, -0.25) is 77.6 Å². The molecule has 628 valence electrons. The fraction of sp³-hybridized carbons (Fsp3) is 0.744. The largest absolute Gasteiger partial charge is 0.491 e. The third-order valence-corrected chi connectivity index (χ3v) is 16.5. The fourth-order valence-electron chi connectivity index (χ4n) is 11.8. The summed E-state index contributed by atoms with van der Waals surface area (Å²) >= 11 is 0. The quantitative estimate of drug-likeness (QED) is 0.0410. The Balaban J connectivity index is 0.000000595. The molecule has 0 aliphatic carbocycles. The number of benzene rings is 2. The number of rotatable bonds is 42. The van der Waals surface area contributed by atoms with Crippen LogP contribution in [0.15, 0.2) is 48.5 Å². The number of hydrogen-bond acceptors (Lipinski definition) is 28. The minimum absolute atomic E-state index is 0.00661. The maximum absolute atomic E-state index is 13.6. The lowest BCUT2D eigenvalue weighted by Gasteiger charge is -2.39. The van der Waals surface area contributed by atoms with Gasteiger partial charge in [0, 0.05) is 117 Å². The molecule has 0 unspecified atom stereocenters. The predicted molar refractivity (Wildman–Crippen MR) is 411 cm³/mol. The Morgan fingerprint density at radius 1 is 0.309 bits per heavy atom. The van der Waals surface area contributed by atoms with Crippen LogP contribution in [0.2, 0.25) is 0 Å². The summed E-state index contributed by atoms with van der Waals surface area (Å²) in [4.78, 5) is 115. The first-order chi connectivity index (χ1) is 51.8. The highest BCUT2D eigenvalue weighted by Crippen LogP contribution is 2.22. The molecule has 2 saturated heterocycles. The van der Waals surface area contributed by atoms with Crippen LogP contribution in [0.1, 0.15) is 108 Å². The number of carboxylic acid groups (broad SMARTS) is 4. The highest BCUT2D eigenvalue weighted by Gasteiger charge is 2.33. The number of carbonyl (C=O) groups is 8. The van der Waals surface area contributed by atoms with Gasteiger partial charge in [-0.1, -0.05) is 24.3 Å². The lowest BCUT2D eigenvalue weighted by molar-refractivity contribution is -0.160. The molecule has 2 atom stereocenters. The minimum Gasteiger partial charge on any atom is -0.491 e. The molecule has 32 nitrogen and oxygen atoms in total. The van der Waals surface area contributed by atoms with E-state index in [1.165, 1.54) is 0 Å². The zero-order chi connectivity index (χ0) is 81.7. The smallest absolute Gasteiger partial charge is 0.320 e. The SMILES string of the molecule is CCOCCOCCOCCOc1ccc(C[C@H]2CN(CC(=O)O)CCN(CC(=O)O)CCN(CC(=O)O)CCN2CC(=O)O)cc1.CCOCCOCCOCCOc1ccc(C[C@H]2CN(CC(=O)OC(C)(C)C)CCN(CC(=O)OC(C)(C)C)CCN(CC(=O)OC(C)(C)C)CCN2CC(=O)OC(C)(C)C)cc1. The average molecular weight is 1570 g/mol. The van der Waals surface area contributed by atoms with Crippen LogP contribution in [0, 0.1) is 0 Å². The van der Waals surface area contributed by atoms with Gasteiger partial charge in [0.1, 0.15) is 47.1 Å². The van der Waals surface area contributed by atoms with Crippen molar-refractivity contribution in [1.82, 2.24) is 39.2 Å². The molecule has 0 radical (unpaired) electrons. The highest BCUT2D eigenvalue weighted by atomic mass is 16.6. The number of hydrogen-bond donors (Lipinski definition) is 4. The maximum Gasteiger partial charge on any atom is 0.320 e. The number of nitrogens with zero attached hydrogens (tertiary/aromatic N) is 8. The number of carboxylic acids is 4. The van der Waals surface area contributed by atoms with Crippen LogP contribution in [-0.2, 0) is 98.6 Å². The Bertz CT molecular complexity index is 2960. The molecule has 2 aromatic carbocycles. The van der Waals surface area contributed by atoms with Crippen molar-refractivity contribution in [3.05, 3.63) is 59.7 Å². The van der Waals surface area contributed by atoms with E-state index in [-0.39, 0.29) is 128 Å². The van der Waals surface area contributed by atoms with Crippen LogP contribution in [0.4, 0.5) is 0 Å². The van der Waals surface area contributed by atoms with Crippen LogP contribution < -0.4 is 9.47 Å². The van der Waals surface area contributed by atoms with Gasteiger partial charge in [0.25, 0.3) is 0 Å². The van der Waals surface area contributed by atoms with Crippen LogP contribution in [0.3, 0.4) is 0 Å². The number of ether oxygens (including phenoxy) is 12. The van der Waals surface area contributed by atoms with Gasteiger partial charge in [0.2, 0.25) is 0 Å². The standard InChI is InChI=1S/C47H82N4O12.C31H50N4O12/c1-14-56-25-26-57-27-28-58-29-30-59-39-17-15-37(16-18-39)31-38-32-50(35-42(54)62-46(8,9)10)22-21-48(33-40(52)60-44(2,3)4)19-20-49(34-41(53)61-45(5,6)7)23-24-51(38)36-43(55)63-47(11,12)13;1-2-44-13-14-45-15-16-46-17-18-47-27-5-3-25(4-6-27)19-26-20-34(23-30(40)41)10-9-32(21-28(36)37)7-8-33(22-29(38)39)11-12-35(26)24-31(42)43/h15-18,38H,14,19-36H2,1-13H3;3-6,26H,2,7-24H2,1H3,(H,36,37)(H,38,39)(H,40,41)(H,42,43)/t38-;26-/m00/s1. The Kier molecular flexibility index (Phi) is 46.5.